The number of ether oxygens (including phenoxy) is 2. The lowest BCUT2D eigenvalue weighted by Gasteiger charge is -2.20. The van der Waals surface area contributed by atoms with E-state index < -0.39 is 51.1 Å². The van der Waals surface area contributed by atoms with Crippen LogP contribution in [0.25, 0.3) is 0 Å². The van der Waals surface area contributed by atoms with Crippen LogP contribution < -0.4 is 5.73 Å². The van der Waals surface area contributed by atoms with Gasteiger partial charge in [-0.3, -0.25) is 23.4 Å². The maximum atomic E-state index is 12.6. The van der Waals surface area contributed by atoms with Gasteiger partial charge in [0.25, 0.3) is 0 Å². The lowest BCUT2D eigenvalue weighted by Crippen LogP contribution is -2.34. The summed E-state index contributed by atoms with van der Waals surface area (Å²) in [5.41, 5.74) is 5.32. The molecular weight excluding hydrogens is 733 g/mol. The third-order valence-electron chi connectivity index (χ3n) is 8.43. The van der Waals surface area contributed by atoms with Crippen molar-refractivity contribution in [3.05, 3.63) is 72.9 Å². The number of phosphoric ester groups is 1. The summed E-state index contributed by atoms with van der Waals surface area (Å²) in [6.07, 6.45) is 45.4. The van der Waals surface area contributed by atoms with E-state index in [0.717, 1.165) is 77.0 Å². The van der Waals surface area contributed by atoms with Crippen LogP contribution >= 0.6 is 7.82 Å². The molecule has 320 valence electrons. The Morgan fingerprint density at radius 2 is 0.946 bits per heavy atom. The molecular formula is C44H74NO10P. The molecule has 0 aliphatic heterocycles. The molecule has 0 spiro atoms. The normalized spacial score (nSPS) is 14.5. The number of esters is 2. The first-order chi connectivity index (χ1) is 27.1. The van der Waals surface area contributed by atoms with Gasteiger partial charge in [-0.15, -0.1) is 0 Å². The van der Waals surface area contributed by atoms with Gasteiger partial charge in [0.2, 0.25) is 0 Å². The van der Waals surface area contributed by atoms with E-state index in [2.05, 4.69) is 91.3 Å². The van der Waals surface area contributed by atoms with Crippen LogP contribution in [0.4, 0.5) is 0 Å². The number of nitrogens with two attached hydrogens (primary N) is 1. The molecule has 56 heavy (non-hydrogen) atoms. The van der Waals surface area contributed by atoms with Crippen molar-refractivity contribution in [1.29, 1.82) is 0 Å². The first-order valence-corrected chi connectivity index (χ1v) is 22.5. The Bertz CT molecular complexity index is 1230. The molecule has 4 N–H and O–H groups in total. The fraction of sp³-hybridized carbons (Fsp3) is 0.659. The SMILES string of the molecule is CCCCC/C=C/C/C=C/C/C=C/CCCCCCC(=O)OC[C@H](COP(=O)(O)OC[C@H](N)C(=O)O)OC(=O)CCCC/C=C/C/C=C/C/C=C/CCCCC. The molecule has 0 saturated carbocycles. The Morgan fingerprint density at radius 3 is 1.43 bits per heavy atom. The van der Waals surface area contributed by atoms with Gasteiger partial charge in [0.1, 0.15) is 12.6 Å². The molecule has 3 atom stereocenters. The second-order valence-electron chi connectivity index (χ2n) is 13.8. The van der Waals surface area contributed by atoms with Crippen molar-refractivity contribution in [2.45, 2.75) is 167 Å². The third-order valence-corrected chi connectivity index (χ3v) is 9.38. The maximum absolute atomic E-state index is 12.6. The summed E-state index contributed by atoms with van der Waals surface area (Å²) >= 11 is 0. The van der Waals surface area contributed by atoms with Crippen LogP contribution in [0.15, 0.2) is 72.9 Å². The lowest BCUT2D eigenvalue weighted by atomic mass is 10.1. The van der Waals surface area contributed by atoms with Crippen molar-refractivity contribution in [3.8, 4) is 0 Å². The molecule has 0 fully saturated rings. The number of hydrogen-bond donors (Lipinski definition) is 3. The highest BCUT2D eigenvalue weighted by Crippen LogP contribution is 2.43. The third kappa shape index (κ3) is 37.8. The van der Waals surface area contributed by atoms with Crippen LogP contribution in [-0.2, 0) is 37.5 Å². The average Bonchev–Trinajstić information content (AvgIpc) is 3.17. The number of rotatable bonds is 38. The highest BCUT2D eigenvalue weighted by Gasteiger charge is 2.28. The second-order valence-corrected chi connectivity index (χ2v) is 15.2. The number of carbonyl (C=O) groups is 3. The van der Waals surface area contributed by atoms with E-state index >= 15 is 0 Å². The van der Waals surface area contributed by atoms with Gasteiger partial charge in [-0.2, -0.15) is 0 Å². The first kappa shape index (κ1) is 52.9. The Morgan fingerprint density at radius 1 is 0.554 bits per heavy atom. The quantitative estimate of drug-likeness (QED) is 0.0235. The molecule has 0 aliphatic rings. The minimum atomic E-state index is -4.73. The maximum Gasteiger partial charge on any atom is 0.472 e. The zero-order valence-electron chi connectivity index (χ0n) is 34.4. The van der Waals surface area contributed by atoms with E-state index in [4.69, 9.17) is 24.8 Å². The standard InChI is InChI=1S/C44H74NO10P/c1-3-5-7-9-11-13-15-17-19-20-22-23-25-27-29-31-33-35-42(46)52-37-40(38-53-56(50,51)54-39-41(45)44(48)49)55-43(47)36-34-32-30-28-26-24-21-18-16-14-12-10-8-6-4-2/h11-14,17-19,21-23,26,28,40-41H,3-10,15-16,20,24-25,27,29-39,45H2,1-2H3,(H,48,49)(H,50,51)/b13-11+,14-12+,19-17+,21-18+,23-22+,28-26+/t40-,41+/m1/s1. The van der Waals surface area contributed by atoms with Crippen LogP contribution in [0.2, 0.25) is 0 Å². The van der Waals surface area contributed by atoms with Crippen LogP contribution in [0, 0.1) is 0 Å². The van der Waals surface area contributed by atoms with Crippen molar-refractivity contribution in [1.82, 2.24) is 0 Å². The molecule has 0 aromatic carbocycles. The molecule has 0 aromatic heterocycles. The van der Waals surface area contributed by atoms with Gasteiger partial charge in [0.05, 0.1) is 13.2 Å². The van der Waals surface area contributed by atoms with Crippen molar-refractivity contribution < 1.29 is 47.5 Å². The van der Waals surface area contributed by atoms with E-state index in [1.54, 1.807) is 0 Å². The molecule has 12 heteroatoms. The van der Waals surface area contributed by atoms with Gasteiger partial charge in [0.15, 0.2) is 6.10 Å². The molecule has 1 unspecified atom stereocenters. The van der Waals surface area contributed by atoms with E-state index in [0.29, 0.717) is 12.8 Å². The number of aliphatic carboxylic acids is 1. The fourth-order valence-electron chi connectivity index (χ4n) is 5.08. The van der Waals surface area contributed by atoms with Crippen LogP contribution in [0.5, 0.6) is 0 Å². The summed E-state index contributed by atoms with van der Waals surface area (Å²) < 4.78 is 32.6. The smallest absolute Gasteiger partial charge is 0.472 e. The van der Waals surface area contributed by atoms with Crippen LogP contribution in [0.3, 0.4) is 0 Å². The topological polar surface area (TPSA) is 172 Å². The number of carboxylic acids is 1. The number of carbonyl (C=O) groups excluding carboxylic acids is 2. The molecule has 0 radical (unpaired) electrons. The zero-order valence-corrected chi connectivity index (χ0v) is 35.3. The predicted molar refractivity (Wildman–Crippen MR) is 226 cm³/mol. The summed E-state index contributed by atoms with van der Waals surface area (Å²) in [4.78, 5) is 45.9. The molecule has 11 nitrogen and oxygen atoms in total. The minimum absolute atomic E-state index is 0.103. The van der Waals surface area contributed by atoms with Crippen molar-refractivity contribution in [2.24, 2.45) is 5.73 Å². The fourth-order valence-corrected chi connectivity index (χ4v) is 5.85. The number of phosphoric acid groups is 1. The molecule has 0 heterocycles. The van der Waals surface area contributed by atoms with E-state index in [1.165, 1.54) is 38.5 Å². The van der Waals surface area contributed by atoms with Gasteiger partial charge >= 0.3 is 25.7 Å². The number of carboxylic acid groups (broad SMARTS) is 1. The summed E-state index contributed by atoms with van der Waals surface area (Å²) in [6.45, 7) is 2.66. The molecule has 0 saturated heterocycles. The average molecular weight is 808 g/mol. The first-order valence-electron chi connectivity index (χ1n) is 21.0. The number of unbranched alkanes of at least 4 members (excludes halogenated alkanes) is 12. The van der Waals surface area contributed by atoms with Gasteiger partial charge in [0, 0.05) is 12.8 Å². The van der Waals surface area contributed by atoms with Gasteiger partial charge in [-0.05, 0) is 89.9 Å². The van der Waals surface area contributed by atoms with Crippen molar-refractivity contribution in [2.75, 3.05) is 19.8 Å². The second kappa shape index (κ2) is 38.8. The Hall–Kier alpha value is -3.08. The van der Waals surface area contributed by atoms with E-state index in [1.807, 2.05) is 0 Å². The summed E-state index contributed by atoms with van der Waals surface area (Å²) in [5.74, 6) is -2.47. The Balaban J connectivity index is 4.51. The Labute approximate surface area is 338 Å². The predicted octanol–water partition coefficient (Wildman–Crippen LogP) is 10.9. The number of allylic oxidation sites excluding steroid dienone is 12. The molecule has 0 rings (SSSR count). The highest BCUT2D eigenvalue weighted by molar-refractivity contribution is 7.47. The van der Waals surface area contributed by atoms with Crippen LogP contribution in [0.1, 0.15) is 155 Å². The van der Waals surface area contributed by atoms with Gasteiger partial charge < -0.3 is 25.2 Å². The van der Waals surface area contributed by atoms with E-state index in [9.17, 15) is 23.8 Å². The largest absolute Gasteiger partial charge is 0.480 e. The van der Waals surface area contributed by atoms with Gasteiger partial charge in [-0.1, -0.05) is 125 Å². The monoisotopic (exact) mass is 808 g/mol. The minimum Gasteiger partial charge on any atom is -0.480 e. The summed E-state index contributed by atoms with van der Waals surface area (Å²) in [6, 6.07) is -1.53. The van der Waals surface area contributed by atoms with E-state index in [-0.39, 0.29) is 19.4 Å². The summed E-state index contributed by atoms with van der Waals surface area (Å²) in [7, 11) is -4.73. The van der Waals surface area contributed by atoms with Crippen LogP contribution in [-0.4, -0.2) is 59.9 Å². The van der Waals surface area contributed by atoms with Gasteiger partial charge in [-0.25, -0.2) is 4.57 Å². The highest BCUT2D eigenvalue weighted by atomic mass is 31.2. The van der Waals surface area contributed by atoms with Crippen molar-refractivity contribution >= 4 is 25.7 Å². The molecule has 0 aliphatic carbocycles. The number of hydrogen-bond acceptors (Lipinski definition) is 9. The summed E-state index contributed by atoms with van der Waals surface area (Å²) in [5, 5.41) is 8.88. The molecule has 0 bridgehead atoms. The molecule has 0 amide bonds. The lowest BCUT2D eigenvalue weighted by molar-refractivity contribution is -0.161. The van der Waals surface area contributed by atoms with Crippen molar-refractivity contribution in [3.63, 3.8) is 0 Å². The zero-order chi connectivity index (χ0) is 41.4. The molecule has 0 aromatic rings. The Kier molecular flexibility index (Phi) is 36.6.